The fourth-order valence-corrected chi connectivity index (χ4v) is 14.5. The molecule has 22 heteroatoms. The summed E-state index contributed by atoms with van der Waals surface area (Å²) in [7, 11) is 8.84. The molecule has 3 N–H and O–H groups in total. The Kier molecular flexibility index (Phi) is 19.9. The number of hydrogen-bond donors (Lipinski definition) is 3. The van der Waals surface area contributed by atoms with Crippen LogP contribution in [0.2, 0.25) is 0 Å². The van der Waals surface area contributed by atoms with Gasteiger partial charge in [-0.2, -0.15) is 0 Å². The summed E-state index contributed by atoms with van der Waals surface area (Å²) in [4.78, 5) is 44.5. The van der Waals surface area contributed by atoms with E-state index in [1.54, 1.807) is 41.1 Å². The Hall–Kier alpha value is -6.82. The molecule has 0 spiro atoms. The molecule has 2 aromatic carbocycles. The molecule has 482 valence electrons. The number of rotatable bonds is 26. The van der Waals surface area contributed by atoms with E-state index < -0.39 is 11.6 Å². The van der Waals surface area contributed by atoms with Gasteiger partial charge in [0.05, 0.1) is 76.7 Å². The predicted molar refractivity (Wildman–Crippen MR) is 336 cm³/mol. The Bertz CT molecular complexity index is 3380. The van der Waals surface area contributed by atoms with E-state index in [-0.39, 0.29) is 48.4 Å². The molecule has 6 aliphatic rings. The van der Waals surface area contributed by atoms with Crippen LogP contribution in [0.1, 0.15) is 129 Å². The fourth-order valence-electron chi connectivity index (χ4n) is 14.5. The summed E-state index contributed by atoms with van der Waals surface area (Å²) in [5, 5.41) is 12.7. The SMILES string of the molecule is CCOC(=O)CCC1CC(N(C)C[C@H]2C[C@@H](n3ccc4c(NCc5ccc(OC)cc5OC)ncnc43)[C@@H]3OC(C)(C)O[C@H]23)C1.CCOC(=O)CCC1CC(NC[C@H]2C[C@@H](n3ccc4c(NCc5ccc(OC)cc5OC)ncnc43)[C@@H]3OC(C)(C)O[C@H]23)C1. The van der Waals surface area contributed by atoms with E-state index in [1.807, 2.05) is 77.9 Å². The summed E-state index contributed by atoms with van der Waals surface area (Å²) in [6.45, 7) is 15.5. The van der Waals surface area contributed by atoms with Crippen LogP contribution in [0.15, 0.2) is 73.6 Å². The summed E-state index contributed by atoms with van der Waals surface area (Å²) in [6, 6.07) is 17.0. The van der Waals surface area contributed by atoms with Crippen molar-refractivity contribution >= 4 is 45.6 Å². The molecule has 0 radical (unpaired) electrons. The van der Waals surface area contributed by atoms with Crippen LogP contribution in [-0.4, -0.2) is 156 Å². The van der Waals surface area contributed by atoms with Crippen molar-refractivity contribution in [3.8, 4) is 23.0 Å². The molecule has 0 bridgehead atoms. The van der Waals surface area contributed by atoms with Crippen LogP contribution in [0, 0.1) is 23.7 Å². The average Bonchev–Trinajstić information content (AvgIpc) is 1.62. The van der Waals surface area contributed by atoms with Crippen LogP contribution in [0.5, 0.6) is 23.0 Å². The van der Waals surface area contributed by atoms with Gasteiger partial charge in [0.15, 0.2) is 11.6 Å². The number of ether oxygens (including phenoxy) is 10. The Balaban J connectivity index is 0.000000184. The van der Waals surface area contributed by atoms with E-state index in [4.69, 9.17) is 57.3 Å². The van der Waals surface area contributed by atoms with E-state index in [1.165, 1.54) is 0 Å². The molecule has 6 heterocycles. The molecule has 22 nitrogen and oxygen atoms in total. The molecular weight excluding hydrogens is 1140 g/mol. The van der Waals surface area contributed by atoms with Gasteiger partial charge in [0.25, 0.3) is 0 Å². The number of carbonyl (C=O) groups excluding carboxylic acids is 2. The van der Waals surface area contributed by atoms with Gasteiger partial charge in [-0.3, -0.25) is 9.59 Å². The van der Waals surface area contributed by atoms with Crippen molar-refractivity contribution in [2.75, 3.05) is 72.4 Å². The van der Waals surface area contributed by atoms with Crippen LogP contribution in [-0.2, 0) is 51.1 Å². The molecule has 2 saturated heterocycles. The predicted octanol–water partition coefficient (Wildman–Crippen LogP) is 10.0. The van der Waals surface area contributed by atoms with Crippen molar-refractivity contribution < 1.29 is 57.0 Å². The summed E-state index contributed by atoms with van der Waals surface area (Å²) in [6.07, 6.45) is 16.5. The average molecular weight is 1230 g/mol. The van der Waals surface area contributed by atoms with Crippen molar-refractivity contribution in [2.45, 2.75) is 179 Å². The number of benzene rings is 2. The molecule has 12 rings (SSSR count). The first kappa shape index (κ1) is 63.7. The van der Waals surface area contributed by atoms with E-state index in [2.05, 4.69) is 71.5 Å². The molecule has 0 unspecified atom stereocenters. The second-order valence-electron chi connectivity index (χ2n) is 25.7. The molecule has 6 aromatic rings. The van der Waals surface area contributed by atoms with Crippen molar-refractivity contribution in [1.29, 1.82) is 0 Å². The minimum atomic E-state index is -0.637. The maximum Gasteiger partial charge on any atom is 0.305 e. The van der Waals surface area contributed by atoms with E-state index in [0.29, 0.717) is 74.9 Å². The third-order valence-corrected chi connectivity index (χ3v) is 19.1. The number of nitrogens with one attached hydrogen (secondary N) is 3. The Morgan fingerprint density at radius 2 is 1.06 bits per heavy atom. The normalized spacial score (nSPS) is 27.0. The highest BCUT2D eigenvalue weighted by Gasteiger charge is 2.56. The third kappa shape index (κ3) is 14.4. The summed E-state index contributed by atoms with van der Waals surface area (Å²) in [5.74, 6) is 4.93. The van der Waals surface area contributed by atoms with Gasteiger partial charge < -0.3 is 77.4 Å². The lowest BCUT2D eigenvalue weighted by Gasteiger charge is -2.42. The quantitative estimate of drug-likeness (QED) is 0.0429. The van der Waals surface area contributed by atoms with Crippen molar-refractivity contribution in [3.05, 3.63) is 84.7 Å². The van der Waals surface area contributed by atoms with Crippen LogP contribution in [0.4, 0.5) is 11.6 Å². The van der Waals surface area contributed by atoms with Gasteiger partial charge in [-0.15, -0.1) is 0 Å². The molecule has 0 amide bonds. The van der Waals surface area contributed by atoms with Gasteiger partial charge in [0.2, 0.25) is 0 Å². The zero-order chi connectivity index (χ0) is 62.6. The maximum absolute atomic E-state index is 11.8. The first-order valence-electron chi connectivity index (χ1n) is 32.0. The topological polar surface area (TPSA) is 227 Å². The Morgan fingerprint density at radius 1 is 0.596 bits per heavy atom. The summed E-state index contributed by atoms with van der Waals surface area (Å²) >= 11 is 0. The molecule has 89 heavy (non-hydrogen) atoms. The van der Waals surface area contributed by atoms with Gasteiger partial charge in [0, 0.05) is 98.6 Å². The number of anilines is 2. The molecule has 6 fully saturated rings. The minimum Gasteiger partial charge on any atom is -0.497 e. The molecular formula is C67H92N10O12. The number of methoxy groups -OCH3 is 4. The second-order valence-corrected chi connectivity index (χ2v) is 25.7. The van der Waals surface area contributed by atoms with Gasteiger partial charge in [-0.05, 0) is 148 Å². The first-order chi connectivity index (χ1) is 43.0. The molecule has 2 aliphatic heterocycles. The number of carbonyl (C=O) groups is 2. The largest absolute Gasteiger partial charge is 0.497 e. The van der Waals surface area contributed by atoms with Gasteiger partial charge in [-0.25, -0.2) is 19.9 Å². The van der Waals surface area contributed by atoms with Crippen LogP contribution in [0.3, 0.4) is 0 Å². The standard InChI is InChI=1S/C34H47N5O6.C33H45N5O6/c1-7-43-29(40)11-8-21-14-24(15-21)38(4)19-23-16-27(31-30(23)44-34(2,3)45-31)39-13-12-26-32(36-20-37-33(26)39)35-18-22-9-10-25(41-5)17-28(22)42-6;1-6-42-28(39)10-7-20-13-23(14-20)34-18-22-15-26(30-29(22)43-33(2,3)44-30)38-12-11-25-31(36-19-37-32(25)38)35-17-21-8-9-24(40-4)16-27(21)41-5/h9-10,12-13,17,20-21,23-24,27,30-31H,7-8,11,14-16,18-19H2,1-6H3,(H,35,36,37);8-9,11-12,16,19-20,22-23,26,29-30,34H,6-7,10,13-15,17-18H2,1-5H3,(H,35,36,37)/t21?,23-,24?,27-,30-,31+;20?,22-,23?,26-,29-,30+/m11/s1. The highest BCUT2D eigenvalue weighted by atomic mass is 16.8. The van der Waals surface area contributed by atoms with E-state index in [0.717, 1.165) is 132 Å². The van der Waals surface area contributed by atoms with Crippen molar-refractivity contribution in [3.63, 3.8) is 0 Å². The maximum atomic E-state index is 11.8. The number of fused-ring (bicyclic) bond motifs is 4. The van der Waals surface area contributed by atoms with E-state index >= 15 is 0 Å². The smallest absolute Gasteiger partial charge is 0.305 e. The zero-order valence-electron chi connectivity index (χ0n) is 53.7. The molecule has 4 saturated carbocycles. The van der Waals surface area contributed by atoms with Gasteiger partial charge in [-0.1, -0.05) is 0 Å². The summed E-state index contributed by atoms with van der Waals surface area (Å²) < 4.78 is 62.6. The molecule has 4 aromatic heterocycles. The lowest BCUT2D eigenvalue weighted by Crippen LogP contribution is -2.46. The minimum absolute atomic E-state index is 0.00149. The highest BCUT2D eigenvalue weighted by Crippen LogP contribution is 2.50. The number of esters is 2. The monoisotopic (exact) mass is 1230 g/mol. The first-order valence-corrected chi connectivity index (χ1v) is 32.0. The number of hydrogen-bond acceptors (Lipinski definition) is 20. The summed E-state index contributed by atoms with van der Waals surface area (Å²) in [5.41, 5.74) is 3.76. The van der Waals surface area contributed by atoms with Crippen LogP contribution < -0.4 is 34.9 Å². The van der Waals surface area contributed by atoms with Crippen molar-refractivity contribution in [2.24, 2.45) is 23.7 Å². The van der Waals surface area contributed by atoms with Crippen LogP contribution in [0.25, 0.3) is 22.1 Å². The Morgan fingerprint density at radius 3 is 1.53 bits per heavy atom. The third-order valence-electron chi connectivity index (χ3n) is 19.1. The van der Waals surface area contributed by atoms with E-state index in [9.17, 15) is 9.59 Å². The number of nitrogens with zero attached hydrogens (tertiary/aromatic N) is 7. The molecule has 8 atom stereocenters. The highest BCUT2D eigenvalue weighted by molar-refractivity contribution is 5.88. The van der Waals surface area contributed by atoms with Crippen molar-refractivity contribution in [1.82, 2.24) is 39.3 Å². The molecule has 4 aliphatic carbocycles. The number of aromatic nitrogens is 6. The zero-order valence-corrected chi connectivity index (χ0v) is 53.7. The second kappa shape index (κ2) is 27.7. The fraction of sp³-hybridized carbons (Fsp3) is 0.612. The lowest BCUT2D eigenvalue weighted by molar-refractivity contribution is -0.161. The lowest BCUT2D eigenvalue weighted by atomic mass is 9.76. The van der Waals surface area contributed by atoms with Gasteiger partial charge in [0.1, 0.15) is 70.8 Å². The Labute approximate surface area is 522 Å². The van der Waals surface area contributed by atoms with Crippen LogP contribution >= 0.6 is 0 Å². The van der Waals surface area contributed by atoms with Gasteiger partial charge >= 0.3 is 11.9 Å².